The summed E-state index contributed by atoms with van der Waals surface area (Å²) in [6.45, 7) is 5.42. The molecule has 0 amide bonds. The van der Waals surface area contributed by atoms with Crippen LogP contribution in [0.2, 0.25) is 0 Å². The molecule has 0 heterocycles. The van der Waals surface area contributed by atoms with Gasteiger partial charge in [0.15, 0.2) is 0 Å². The second-order valence-electron chi connectivity index (χ2n) is 5.74. The Labute approximate surface area is 127 Å². The summed E-state index contributed by atoms with van der Waals surface area (Å²) in [7, 11) is 0. The van der Waals surface area contributed by atoms with Crippen molar-refractivity contribution >= 4 is 11.9 Å². The quantitative estimate of drug-likeness (QED) is 0.555. The predicted octanol–water partition coefficient (Wildman–Crippen LogP) is 3.41. The van der Waals surface area contributed by atoms with Crippen LogP contribution in [-0.4, -0.2) is 31.3 Å². The van der Waals surface area contributed by atoms with E-state index in [0.29, 0.717) is 12.2 Å². The van der Waals surface area contributed by atoms with Crippen LogP contribution in [0.5, 0.6) is 0 Å². The van der Waals surface area contributed by atoms with Gasteiger partial charge in [0.2, 0.25) is 0 Å². The Morgan fingerprint density at radius 3 is 1.91 bits per heavy atom. The normalized spacial score (nSPS) is 22.0. The number of rotatable bonds is 6. The highest BCUT2D eigenvalue weighted by atomic mass is 19.4. The van der Waals surface area contributed by atoms with Crippen LogP contribution in [0.1, 0.15) is 39.0 Å². The third kappa shape index (κ3) is 7.47. The molecule has 126 valence electrons. The average molecular weight is 322 g/mol. The smallest absolute Gasteiger partial charge is 0.399 e. The lowest BCUT2D eigenvalue weighted by atomic mass is 9.83. The summed E-state index contributed by atoms with van der Waals surface area (Å²) in [6, 6.07) is 0. The Morgan fingerprint density at radius 2 is 1.50 bits per heavy atom. The Morgan fingerprint density at radius 1 is 1.05 bits per heavy atom. The Hall–Kier alpha value is -1.53. The molecule has 1 fully saturated rings. The fraction of sp³-hybridized carbons (Fsp3) is 0.733. The van der Waals surface area contributed by atoms with Crippen molar-refractivity contribution in [1.82, 2.24) is 0 Å². The van der Waals surface area contributed by atoms with Crippen molar-refractivity contribution < 1.29 is 32.2 Å². The van der Waals surface area contributed by atoms with Crippen LogP contribution in [0, 0.1) is 11.8 Å². The number of carbonyl (C=O) groups is 2. The van der Waals surface area contributed by atoms with Crippen molar-refractivity contribution in [3.05, 3.63) is 12.2 Å². The molecule has 1 aliphatic rings. The highest BCUT2D eigenvalue weighted by Crippen LogP contribution is 2.29. The van der Waals surface area contributed by atoms with E-state index < -0.39 is 24.5 Å². The fourth-order valence-electron chi connectivity index (χ4n) is 2.31. The van der Waals surface area contributed by atoms with Gasteiger partial charge in [0, 0.05) is 5.57 Å². The fourth-order valence-corrected chi connectivity index (χ4v) is 2.31. The molecule has 0 N–H and O–H groups in total. The molecule has 0 unspecified atom stereocenters. The van der Waals surface area contributed by atoms with Gasteiger partial charge in [-0.05, 0) is 44.4 Å². The summed E-state index contributed by atoms with van der Waals surface area (Å²) in [4.78, 5) is 22.3. The van der Waals surface area contributed by atoms with Crippen LogP contribution in [0.3, 0.4) is 0 Å². The first-order chi connectivity index (χ1) is 10.2. The maximum absolute atomic E-state index is 12.0. The SMILES string of the molecule is C=C(C)C(=O)OCC1CCC(COC(=O)CC(F)(F)F)CC1. The number of hydrogen-bond acceptors (Lipinski definition) is 4. The summed E-state index contributed by atoms with van der Waals surface area (Å²) in [5.41, 5.74) is 0.352. The summed E-state index contributed by atoms with van der Waals surface area (Å²) < 4.78 is 45.7. The monoisotopic (exact) mass is 322 g/mol. The molecule has 0 aromatic heterocycles. The lowest BCUT2D eigenvalue weighted by Crippen LogP contribution is -2.25. The molecule has 7 heteroatoms. The standard InChI is InChI=1S/C15H21F3O4/c1-10(2)14(20)22-9-12-5-3-11(4-6-12)8-21-13(19)7-15(16,17)18/h11-12H,1,3-9H2,2H3. The minimum absolute atomic E-state index is 0.0210. The first kappa shape index (κ1) is 18.5. The summed E-state index contributed by atoms with van der Waals surface area (Å²) in [5, 5.41) is 0. The predicted molar refractivity (Wildman–Crippen MR) is 72.9 cm³/mol. The van der Waals surface area contributed by atoms with Gasteiger partial charge in [0.25, 0.3) is 0 Å². The zero-order valence-electron chi connectivity index (χ0n) is 12.6. The number of carbonyl (C=O) groups excluding carboxylic acids is 2. The average Bonchev–Trinajstić information content (AvgIpc) is 2.41. The minimum Gasteiger partial charge on any atom is -0.465 e. The van der Waals surface area contributed by atoms with Crippen LogP contribution in [0.25, 0.3) is 0 Å². The van der Waals surface area contributed by atoms with Crippen molar-refractivity contribution in [3.63, 3.8) is 0 Å². The van der Waals surface area contributed by atoms with Crippen molar-refractivity contribution in [2.24, 2.45) is 11.8 Å². The van der Waals surface area contributed by atoms with E-state index in [2.05, 4.69) is 11.3 Å². The highest BCUT2D eigenvalue weighted by molar-refractivity contribution is 5.86. The van der Waals surface area contributed by atoms with E-state index in [1.807, 2.05) is 0 Å². The number of hydrogen-bond donors (Lipinski definition) is 0. The molecule has 0 radical (unpaired) electrons. The van der Waals surface area contributed by atoms with Crippen LogP contribution in [-0.2, 0) is 19.1 Å². The van der Waals surface area contributed by atoms with Gasteiger partial charge in [-0.25, -0.2) is 4.79 Å². The van der Waals surface area contributed by atoms with Crippen LogP contribution in [0.4, 0.5) is 13.2 Å². The van der Waals surface area contributed by atoms with Crippen molar-refractivity contribution in [2.45, 2.75) is 45.2 Å². The Kier molecular flexibility index (Phi) is 6.90. The molecule has 1 aliphatic carbocycles. The Bertz CT molecular complexity index is 410. The number of esters is 2. The number of ether oxygens (including phenoxy) is 2. The van der Waals surface area contributed by atoms with E-state index in [4.69, 9.17) is 4.74 Å². The summed E-state index contributed by atoms with van der Waals surface area (Å²) >= 11 is 0. The first-order valence-electron chi connectivity index (χ1n) is 7.22. The zero-order valence-corrected chi connectivity index (χ0v) is 12.6. The lowest BCUT2D eigenvalue weighted by molar-refractivity contribution is -0.172. The van der Waals surface area contributed by atoms with Crippen molar-refractivity contribution in [2.75, 3.05) is 13.2 Å². The minimum atomic E-state index is -4.53. The van der Waals surface area contributed by atoms with E-state index in [9.17, 15) is 22.8 Å². The second kappa shape index (κ2) is 8.19. The molecule has 4 nitrogen and oxygen atoms in total. The van der Waals surface area contributed by atoms with Gasteiger partial charge in [-0.15, -0.1) is 0 Å². The van der Waals surface area contributed by atoms with Crippen LogP contribution < -0.4 is 0 Å². The number of halogens is 3. The lowest BCUT2D eigenvalue weighted by Gasteiger charge is -2.27. The number of alkyl halides is 3. The maximum Gasteiger partial charge on any atom is 0.399 e. The van der Waals surface area contributed by atoms with E-state index in [-0.39, 0.29) is 18.4 Å². The molecule has 0 aromatic rings. The van der Waals surface area contributed by atoms with E-state index in [0.717, 1.165) is 25.7 Å². The molecule has 0 atom stereocenters. The highest BCUT2D eigenvalue weighted by Gasteiger charge is 2.32. The van der Waals surface area contributed by atoms with Gasteiger partial charge in [0.1, 0.15) is 6.42 Å². The molecule has 0 aliphatic heterocycles. The van der Waals surface area contributed by atoms with Gasteiger partial charge < -0.3 is 9.47 Å². The largest absolute Gasteiger partial charge is 0.465 e. The van der Waals surface area contributed by atoms with Crippen LogP contribution >= 0.6 is 0 Å². The zero-order chi connectivity index (χ0) is 16.8. The van der Waals surface area contributed by atoms with E-state index in [1.165, 1.54) is 0 Å². The molecule has 0 bridgehead atoms. The molecule has 22 heavy (non-hydrogen) atoms. The van der Waals surface area contributed by atoms with E-state index >= 15 is 0 Å². The molecule has 1 saturated carbocycles. The van der Waals surface area contributed by atoms with Crippen molar-refractivity contribution in [3.8, 4) is 0 Å². The molecule has 0 spiro atoms. The third-order valence-electron chi connectivity index (χ3n) is 3.59. The van der Waals surface area contributed by atoms with E-state index in [1.54, 1.807) is 6.92 Å². The summed E-state index contributed by atoms with van der Waals surface area (Å²) in [5.74, 6) is -1.33. The van der Waals surface area contributed by atoms with Gasteiger partial charge in [-0.1, -0.05) is 6.58 Å². The van der Waals surface area contributed by atoms with Gasteiger partial charge in [-0.2, -0.15) is 13.2 Å². The topological polar surface area (TPSA) is 52.6 Å². The molecular formula is C15H21F3O4. The maximum atomic E-state index is 12.0. The van der Waals surface area contributed by atoms with Crippen molar-refractivity contribution in [1.29, 1.82) is 0 Å². The third-order valence-corrected chi connectivity index (χ3v) is 3.59. The summed E-state index contributed by atoms with van der Waals surface area (Å²) in [6.07, 6.45) is -2.99. The van der Waals surface area contributed by atoms with Gasteiger partial charge in [-0.3, -0.25) is 4.79 Å². The second-order valence-corrected chi connectivity index (χ2v) is 5.74. The Balaban J connectivity index is 2.19. The molecular weight excluding hydrogens is 301 g/mol. The van der Waals surface area contributed by atoms with Gasteiger partial charge >= 0.3 is 18.1 Å². The van der Waals surface area contributed by atoms with Gasteiger partial charge in [0.05, 0.1) is 13.2 Å². The molecule has 0 aromatic carbocycles. The van der Waals surface area contributed by atoms with Crippen LogP contribution in [0.15, 0.2) is 12.2 Å². The first-order valence-corrected chi connectivity index (χ1v) is 7.22. The molecule has 1 rings (SSSR count). The molecule has 0 saturated heterocycles.